The van der Waals surface area contributed by atoms with Crippen molar-refractivity contribution in [2.45, 2.75) is 13.2 Å². The Bertz CT molecular complexity index is 1330. The fourth-order valence-electron chi connectivity index (χ4n) is 2.95. The van der Waals surface area contributed by atoms with Crippen molar-refractivity contribution in [1.29, 1.82) is 0 Å². The van der Waals surface area contributed by atoms with Crippen LogP contribution in [0.3, 0.4) is 0 Å². The molecule has 0 aliphatic carbocycles. The molecule has 1 aliphatic rings. The van der Waals surface area contributed by atoms with Gasteiger partial charge in [0.1, 0.15) is 5.82 Å². The number of nitrogens with one attached hydrogen (secondary N) is 3. The molecule has 11 heteroatoms. The number of ether oxygens (including phenoxy) is 2. The van der Waals surface area contributed by atoms with Crippen LogP contribution in [-0.4, -0.2) is 21.2 Å². The third kappa shape index (κ3) is 3.36. The molecular formula is C19H13F2N5O4. The number of fused-ring (bicyclic) bond motifs is 2. The van der Waals surface area contributed by atoms with E-state index in [1.54, 1.807) is 30.5 Å². The molecule has 4 aromatic rings. The molecule has 0 bridgehead atoms. The monoisotopic (exact) mass is 413 g/mol. The van der Waals surface area contributed by atoms with Crippen LogP contribution < -0.4 is 25.9 Å². The second-order valence-electron chi connectivity index (χ2n) is 6.53. The molecule has 3 heterocycles. The number of nitrogens with zero attached hydrogens (tertiary/aromatic N) is 2. The Balaban J connectivity index is 1.39. The van der Waals surface area contributed by atoms with Gasteiger partial charge in [-0.3, -0.25) is 4.98 Å². The maximum Gasteiger partial charge on any atom is 0.586 e. The van der Waals surface area contributed by atoms with Gasteiger partial charge in [-0.2, -0.15) is 4.98 Å². The molecule has 1 aliphatic heterocycles. The van der Waals surface area contributed by atoms with Gasteiger partial charge in [-0.05, 0) is 37.3 Å². The lowest BCUT2D eigenvalue weighted by atomic mass is 10.2. The highest BCUT2D eigenvalue weighted by molar-refractivity contribution is 5.78. The molecule has 0 atom stereocenters. The van der Waals surface area contributed by atoms with Crippen molar-refractivity contribution in [3.63, 3.8) is 0 Å². The maximum atomic E-state index is 13.2. The van der Waals surface area contributed by atoms with E-state index < -0.39 is 12.1 Å². The largest absolute Gasteiger partial charge is 0.586 e. The molecular weight excluding hydrogens is 400 g/mol. The van der Waals surface area contributed by atoms with Crippen molar-refractivity contribution in [3.8, 4) is 11.5 Å². The Morgan fingerprint density at radius 3 is 2.67 bits per heavy atom. The number of oxazole rings is 1. The number of H-pyrrole nitrogens is 1. The van der Waals surface area contributed by atoms with Gasteiger partial charge < -0.3 is 24.5 Å². The van der Waals surface area contributed by atoms with Crippen molar-refractivity contribution in [2.75, 3.05) is 10.6 Å². The fraction of sp³-hybridized carbons (Fsp3) is 0.105. The van der Waals surface area contributed by atoms with E-state index in [0.717, 1.165) is 5.56 Å². The molecule has 2 aromatic heterocycles. The van der Waals surface area contributed by atoms with E-state index in [0.29, 0.717) is 28.3 Å². The van der Waals surface area contributed by atoms with Crippen LogP contribution >= 0.6 is 0 Å². The van der Waals surface area contributed by atoms with Gasteiger partial charge in [0.15, 0.2) is 17.1 Å². The second kappa shape index (κ2) is 6.44. The first-order valence-corrected chi connectivity index (χ1v) is 8.75. The van der Waals surface area contributed by atoms with E-state index in [9.17, 15) is 13.6 Å². The fourth-order valence-corrected chi connectivity index (χ4v) is 2.95. The van der Waals surface area contributed by atoms with Gasteiger partial charge in [0, 0.05) is 29.2 Å². The topological polar surface area (TPSA) is 114 Å². The number of aromatic amines is 1. The number of benzene rings is 2. The molecule has 30 heavy (non-hydrogen) atoms. The lowest BCUT2D eigenvalue weighted by molar-refractivity contribution is -0.286. The number of hydrogen-bond donors (Lipinski definition) is 3. The molecule has 0 radical (unpaired) electrons. The van der Waals surface area contributed by atoms with E-state index in [2.05, 4.69) is 35.1 Å². The van der Waals surface area contributed by atoms with Crippen LogP contribution in [-0.2, 0) is 0 Å². The van der Waals surface area contributed by atoms with Gasteiger partial charge in [-0.15, -0.1) is 8.78 Å². The zero-order valence-electron chi connectivity index (χ0n) is 15.3. The summed E-state index contributed by atoms with van der Waals surface area (Å²) in [5, 5.41) is 6.10. The quantitative estimate of drug-likeness (QED) is 0.460. The van der Waals surface area contributed by atoms with Crippen LogP contribution in [0.4, 0.5) is 31.9 Å². The summed E-state index contributed by atoms with van der Waals surface area (Å²) in [6, 6.07) is 9.40. The van der Waals surface area contributed by atoms with Crippen LogP contribution in [0.25, 0.3) is 11.1 Å². The molecule has 0 saturated carbocycles. The SMILES string of the molecule is Cc1cnc(Nc2ccc3c(c2)OC(F)(F)O3)nc1Nc1ccc2oc(=O)[nH]c2c1. The molecule has 0 unspecified atom stereocenters. The molecule has 2 aromatic carbocycles. The molecule has 0 amide bonds. The first-order valence-electron chi connectivity index (χ1n) is 8.75. The lowest BCUT2D eigenvalue weighted by Crippen LogP contribution is -2.25. The highest BCUT2D eigenvalue weighted by Crippen LogP contribution is 2.42. The summed E-state index contributed by atoms with van der Waals surface area (Å²) >= 11 is 0. The first kappa shape index (κ1) is 17.9. The van der Waals surface area contributed by atoms with Crippen LogP contribution in [0.1, 0.15) is 5.56 Å². The zero-order chi connectivity index (χ0) is 20.9. The van der Waals surface area contributed by atoms with Gasteiger partial charge in [0.05, 0.1) is 5.52 Å². The summed E-state index contributed by atoms with van der Waals surface area (Å²) in [6.45, 7) is 1.83. The second-order valence-corrected chi connectivity index (χ2v) is 6.53. The van der Waals surface area contributed by atoms with Crippen molar-refractivity contribution in [2.24, 2.45) is 0 Å². The van der Waals surface area contributed by atoms with E-state index in [-0.39, 0.29) is 17.4 Å². The number of halogens is 2. The molecule has 5 rings (SSSR count). The molecule has 152 valence electrons. The molecule has 3 N–H and O–H groups in total. The summed E-state index contributed by atoms with van der Waals surface area (Å²) in [5.41, 5.74) is 2.89. The summed E-state index contributed by atoms with van der Waals surface area (Å²) in [4.78, 5) is 22.5. The van der Waals surface area contributed by atoms with E-state index in [1.807, 2.05) is 6.92 Å². The van der Waals surface area contributed by atoms with Gasteiger partial charge in [0.25, 0.3) is 0 Å². The van der Waals surface area contributed by atoms with E-state index in [4.69, 9.17) is 4.42 Å². The minimum Gasteiger partial charge on any atom is -0.408 e. The number of hydrogen-bond acceptors (Lipinski definition) is 8. The first-order chi connectivity index (χ1) is 14.3. The Kier molecular flexibility index (Phi) is 3.85. The van der Waals surface area contributed by atoms with Crippen LogP contribution in [0.2, 0.25) is 0 Å². The van der Waals surface area contributed by atoms with Crippen LogP contribution in [0.5, 0.6) is 11.5 Å². The van der Waals surface area contributed by atoms with Gasteiger partial charge in [-0.1, -0.05) is 0 Å². The minimum absolute atomic E-state index is 0.0505. The third-order valence-electron chi connectivity index (χ3n) is 4.31. The average Bonchev–Trinajstić information content (AvgIpc) is 3.20. The Hall–Kier alpha value is -4.15. The number of rotatable bonds is 4. The highest BCUT2D eigenvalue weighted by atomic mass is 19.3. The predicted molar refractivity (Wildman–Crippen MR) is 103 cm³/mol. The number of aromatic nitrogens is 3. The predicted octanol–water partition coefficient (Wildman–Crippen LogP) is 4.03. The third-order valence-corrected chi connectivity index (χ3v) is 4.31. The summed E-state index contributed by atoms with van der Waals surface area (Å²) in [6.07, 6.45) is -2.07. The Morgan fingerprint density at radius 1 is 1.03 bits per heavy atom. The van der Waals surface area contributed by atoms with Gasteiger partial charge >= 0.3 is 12.1 Å². The van der Waals surface area contributed by atoms with Crippen molar-refractivity contribution in [1.82, 2.24) is 15.0 Å². The summed E-state index contributed by atoms with van der Waals surface area (Å²) in [5.74, 6) is 0.0908. The summed E-state index contributed by atoms with van der Waals surface area (Å²) < 4.78 is 40.2. The normalized spacial score (nSPS) is 14.1. The maximum absolute atomic E-state index is 13.2. The standard InChI is InChI=1S/C19H13F2N5O4/c1-9-8-22-17(24-11-3-5-14-15(7-11)30-19(20,21)29-14)26-16(9)23-10-2-4-13-12(6-10)25-18(27)28-13/h2-8H,1H3,(H,25,27)(H2,22,23,24,26). The van der Waals surface area contributed by atoms with Crippen molar-refractivity contribution in [3.05, 3.63) is 58.7 Å². The molecule has 0 spiro atoms. The van der Waals surface area contributed by atoms with Crippen molar-refractivity contribution >= 4 is 34.2 Å². The lowest BCUT2D eigenvalue weighted by Gasteiger charge is -2.11. The van der Waals surface area contributed by atoms with Gasteiger partial charge in [-0.25, -0.2) is 9.78 Å². The number of alkyl halides is 2. The smallest absolute Gasteiger partial charge is 0.408 e. The van der Waals surface area contributed by atoms with Crippen LogP contribution in [0, 0.1) is 6.92 Å². The Morgan fingerprint density at radius 2 is 1.80 bits per heavy atom. The zero-order valence-corrected chi connectivity index (χ0v) is 15.3. The van der Waals surface area contributed by atoms with E-state index in [1.165, 1.54) is 12.1 Å². The molecule has 0 fully saturated rings. The van der Waals surface area contributed by atoms with Gasteiger partial charge in [0.2, 0.25) is 5.95 Å². The molecule has 9 nitrogen and oxygen atoms in total. The minimum atomic E-state index is -3.68. The van der Waals surface area contributed by atoms with Crippen LogP contribution in [0.15, 0.2) is 51.8 Å². The molecule has 0 saturated heterocycles. The number of anilines is 4. The highest BCUT2D eigenvalue weighted by Gasteiger charge is 2.43. The Labute approximate surface area is 166 Å². The van der Waals surface area contributed by atoms with E-state index >= 15 is 0 Å². The van der Waals surface area contributed by atoms with Crippen molar-refractivity contribution < 1.29 is 22.7 Å². The average molecular weight is 413 g/mol. The summed E-state index contributed by atoms with van der Waals surface area (Å²) in [7, 11) is 0. The number of aryl methyl sites for hydroxylation is 1.